The Balaban J connectivity index is 1.21. The Morgan fingerprint density at radius 1 is 1.14 bits per heavy atom. The highest BCUT2D eigenvalue weighted by Gasteiger charge is 2.21. The molecule has 35 heavy (non-hydrogen) atoms. The summed E-state index contributed by atoms with van der Waals surface area (Å²) in [6.45, 7) is 1.57. The molecular formula is C26H22ClFN4O3. The van der Waals surface area contributed by atoms with Crippen molar-refractivity contribution in [2.75, 3.05) is 13.2 Å². The van der Waals surface area contributed by atoms with Gasteiger partial charge in [0.15, 0.2) is 0 Å². The second kappa shape index (κ2) is 9.76. The third-order valence-corrected chi connectivity index (χ3v) is 6.26. The topological polar surface area (TPSA) is 87.3 Å². The molecule has 0 unspecified atom stereocenters. The number of hydrogen-bond donors (Lipinski definition) is 2. The molecule has 1 aliphatic rings. The summed E-state index contributed by atoms with van der Waals surface area (Å²) < 4.78 is 19.4. The van der Waals surface area contributed by atoms with Gasteiger partial charge in [0, 0.05) is 48.1 Å². The van der Waals surface area contributed by atoms with Gasteiger partial charge < -0.3 is 19.9 Å². The van der Waals surface area contributed by atoms with Crippen molar-refractivity contribution in [2.45, 2.75) is 19.5 Å². The first-order valence-corrected chi connectivity index (χ1v) is 11.5. The standard InChI is InChI=1S/C26H22ClFN4O3/c27-22-14-30-24-10-23(28)19(9-21(22)24)13-31-25(33)20-8-18(11-29-12-20)7-16-1-3-17(4-2-16)15-32-5-6-35-26(32)34/h1-4,8-12,14,30H,5-7,13,15H2,(H,31,33). The number of aromatic nitrogens is 2. The van der Waals surface area contributed by atoms with Gasteiger partial charge in [-0.05, 0) is 41.3 Å². The van der Waals surface area contributed by atoms with Crippen molar-refractivity contribution >= 4 is 34.5 Å². The number of ether oxygens (including phenoxy) is 1. The molecule has 0 atom stereocenters. The van der Waals surface area contributed by atoms with Crippen LogP contribution >= 0.6 is 11.6 Å². The summed E-state index contributed by atoms with van der Waals surface area (Å²) in [6, 6.07) is 12.7. The molecule has 2 amide bonds. The maximum absolute atomic E-state index is 14.4. The molecule has 2 N–H and O–H groups in total. The number of halogens is 2. The highest BCUT2D eigenvalue weighted by molar-refractivity contribution is 6.35. The number of fused-ring (bicyclic) bond motifs is 1. The summed E-state index contributed by atoms with van der Waals surface area (Å²) >= 11 is 6.12. The van der Waals surface area contributed by atoms with Crippen LogP contribution in [0, 0.1) is 5.82 Å². The number of pyridine rings is 1. The van der Waals surface area contributed by atoms with E-state index in [0.717, 1.165) is 16.7 Å². The number of hydrogen-bond acceptors (Lipinski definition) is 4. The van der Waals surface area contributed by atoms with Crippen LogP contribution in [-0.2, 0) is 24.2 Å². The smallest absolute Gasteiger partial charge is 0.410 e. The minimum atomic E-state index is -0.423. The van der Waals surface area contributed by atoms with Gasteiger partial charge in [-0.25, -0.2) is 9.18 Å². The number of aromatic amines is 1. The first-order valence-electron chi connectivity index (χ1n) is 11.1. The van der Waals surface area contributed by atoms with Gasteiger partial charge in [-0.3, -0.25) is 9.78 Å². The predicted octanol–water partition coefficient (Wildman–Crippen LogP) is 4.83. The zero-order valence-corrected chi connectivity index (χ0v) is 19.4. The van der Waals surface area contributed by atoms with Crippen molar-refractivity contribution in [3.8, 4) is 0 Å². The van der Waals surface area contributed by atoms with E-state index in [2.05, 4.69) is 15.3 Å². The van der Waals surface area contributed by atoms with E-state index in [0.29, 0.717) is 53.2 Å². The Bertz CT molecular complexity index is 1400. The van der Waals surface area contributed by atoms with Crippen LogP contribution in [0.4, 0.5) is 9.18 Å². The molecule has 9 heteroatoms. The van der Waals surface area contributed by atoms with Gasteiger partial charge in [-0.1, -0.05) is 35.9 Å². The number of nitrogens with zero attached hydrogens (tertiary/aromatic N) is 2. The monoisotopic (exact) mass is 492 g/mol. The van der Waals surface area contributed by atoms with Gasteiger partial charge in [0.25, 0.3) is 5.91 Å². The van der Waals surface area contributed by atoms with Crippen LogP contribution < -0.4 is 5.32 Å². The lowest BCUT2D eigenvalue weighted by molar-refractivity contribution is 0.0950. The Hall–Kier alpha value is -3.91. The Labute approximate surface area is 205 Å². The summed E-state index contributed by atoms with van der Waals surface area (Å²) in [5.41, 5.74) is 4.29. The normalized spacial score (nSPS) is 13.3. The quantitative estimate of drug-likeness (QED) is 0.387. The average molecular weight is 493 g/mol. The largest absolute Gasteiger partial charge is 0.448 e. The molecule has 0 saturated carbocycles. The molecule has 0 radical (unpaired) electrons. The third-order valence-electron chi connectivity index (χ3n) is 5.94. The van der Waals surface area contributed by atoms with Crippen molar-refractivity contribution in [3.05, 3.63) is 99.7 Å². The number of cyclic esters (lactones) is 1. The second-order valence-electron chi connectivity index (χ2n) is 8.42. The van der Waals surface area contributed by atoms with Crippen LogP contribution in [-0.4, -0.2) is 40.0 Å². The van der Waals surface area contributed by atoms with E-state index >= 15 is 0 Å². The van der Waals surface area contributed by atoms with Crippen LogP contribution in [0.1, 0.15) is 32.6 Å². The van der Waals surface area contributed by atoms with E-state index in [1.54, 1.807) is 29.4 Å². The maximum atomic E-state index is 14.4. The Morgan fingerprint density at radius 2 is 1.94 bits per heavy atom. The zero-order valence-electron chi connectivity index (χ0n) is 18.7. The first kappa shape index (κ1) is 22.9. The molecule has 2 aromatic heterocycles. The molecule has 1 aliphatic heterocycles. The molecule has 1 saturated heterocycles. The first-order chi connectivity index (χ1) is 17.0. The summed E-state index contributed by atoms with van der Waals surface area (Å²) in [4.78, 5) is 33.1. The third kappa shape index (κ3) is 5.12. The molecule has 1 fully saturated rings. The van der Waals surface area contributed by atoms with Crippen LogP contribution in [0.25, 0.3) is 10.9 Å². The van der Waals surface area contributed by atoms with Crippen LogP contribution in [0.5, 0.6) is 0 Å². The van der Waals surface area contributed by atoms with Crippen LogP contribution in [0.3, 0.4) is 0 Å². The molecule has 0 spiro atoms. The summed E-state index contributed by atoms with van der Waals surface area (Å²) in [7, 11) is 0. The number of amides is 2. The summed E-state index contributed by atoms with van der Waals surface area (Å²) in [5.74, 6) is -0.764. The summed E-state index contributed by atoms with van der Waals surface area (Å²) in [6.07, 6.45) is 5.11. The minimum absolute atomic E-state index is 0.0262. The van der Waals surface area contributed by atoms with Crippen molar-refractivity contribution in [3.63, 3.8) is 0 Å². The molecule has 5 rings (SSSR count). The molecule has 7 nitrogen and oxygen atoms in total. The van der Waals surface area contributed by atoms with Gasteiger partial charge in [0.05, 0.1) is 17.1 Å². The molecular weight excluding hydrogens is 471 g/mol. The van der Waals surface area contributed by atoms with Crippen LogP contribution in [0.15, 0.2) is 61.1 Å². The number of nitrogens with one attached hydrogen (secondary N) is 2. The number of carbonyl (C=O) groups excluding carboxylic acids is 2. The molecule has 0 bridgehead atoms. The highest BCUT2D eigenvalue weighted by Crippen LogP contribution is 2.26. The second-order valence-corrected chi connectivity index (χ2v) is 8.83. The predicted molar refractivity (Wildman–Crippen MR) is 130 cm³/mol. The van der Waals surface area contributed by atoms with Gasteiger partial charge in [0.2, 0.25) is 0 Å². The van der Waals surface area contributed by atoms with Gasteiger partial charge >= 0.3 is 6.09 Å². The van der Waals surface area contributed by atoms with Crippen molar-refractivity contribution < 1.29 is 18.7 Å². The lowest BCUT2D eigenvalue weighted by Gasteiger charge is -2.13. The fourth-order valence-corrected chi connectivity index (χ4v) is 4.27. The van der Waals surface area contributed by atoms with E-state index in [4.69, 9.17) is 16.3 Å². The maximum Gasteiger partial charge on any atom is 0.410 e. The highest BCUT2D eigenvalue weighted by atomic mass is 35.5. The molecule has 178 valence electrons. The molecule has 0 aliphatic carbocycles. The van der Waals surface area contributed by atoms with E-state index < -0.39 is 5.82 Å². The summed E-state index contributed by atoms with van der Waals surface area (Å²) in [5, 5.41) is 3.95. The molecule has 2 aromatic carbocycles. The minimum Gasteiger partial charge on any atom is -0.448 e. The van der Waals surface area contributed by atoms with E-state index in [-0.39, 0.29) is 18.5 Å². The lowest BCUT2D eigenvalue weighted by atomic mass is 10.0. The molecule has 4 aromatic rings. The van der Waals surface area contributed by atoms with Gasteiger partial charge in [-0.2, -0.15) is 0 Å². The number of benzene rings is 2. The molecule has 3 heterocycles. The van der Waals surface area contributed by atoms with Gasteiger partial charge in [0.1, 0.15) is 12.4 Å². The zero-order chi connectivity index (χ0) is 24.4. The van der Waals surface area contributed by atoms with Crippen molar-refractivity contribution in [2.24, 2.45) is 0 Å². The van der Waals surface area contributed by atoms with Crippen molar-refractivity contribution in [1.82, 2.24) is 20.2 Å². The Morgan fingerprint density at radius 3 is 2.71 bits per heavy atom. The van der Waals surface area contributed by atoms with E-state index in [1.807, 2.05) is 24.3 Å². The van der Waals surface area contributed by atoms with Crippen LogP contribution in [0.2, 0.25) is 5.02 Å². The van der Waals surface area contributed by atoms with Gasteiger partial charge in [-0.15, -0.1) is 0 Å². The average Bonchev–Trinajstić information content (AvgIpc) is 3.43. The number of H-pyrrole nitrogens is 1. The van der Waals surface area contributed by atoms with E-state index in [1.165, 1.54) is 12.3 Å². The fourth-order valence-electron chi connectivity index (χ4n) is 4.06. The fraction of sp³-hybridized carbons (Fsp3) is 0.192. The van der Waals surface area contributed by atoms with Crippen molar-refractivity contribution in [1.29, 1.82) is 0 Å². The number of rotatable bonds is 7. The van der Waals surface area contributed by atoms with E-state index in [9.17, 15) is 14.0 Å². The Kier molecular flexibility index (Phi) is 6.37. The SMILES string of the molecule is O=C(NCc1cc2c(Cl)c[nH]c2cc1F)c1cncc(Cc2ccc(CN3CCOC3=O)cc2)c1. The number of carbonyl (C=O) groups is 2. The lowest BCUT2D eigenvalue weighted by Crippen LogP contribution is -2.23.